The molecule has 5 nitrogen and oxygen atoms in total. The van der Waals surface area contributed by atoms with Gasteiger partial charge in [-0.15, -0.1) is 0 Å². The van der Waals surface area contributed by atoms with Crippen LogP contribution in [-0.4, -0.2) is 35.1 Å². The third-order valence-electron chi connectivity index (χ3n) is 2.91. The molecule has 2 rings (SSSR count). The number of phenolic OH excluding ortho intramolecular Hbond substituents is 1. The van der Waals surface area contributed by atoms with Gasteiger partial charge in [0.05, 0.1) is 24.9 Å². The number of aromatic nitrogens is 1. The molecule has 0 radical (unpaired) electrons. The number of rotatable bonds is 4. The molecular formula is C15H16N2O3. The van der Waals surface area contributed by atoms with Crippen LogP contribution in [-0.2, 0) is 6.54 Å². The van der Waals surface area contributed by atoms with Crippen LogP contribution in [0.25, 0.3) is 0 Å². The Morgan fingerprint density at radius 2 is 2.15 bits per heavy atom. The van der Waals surface area contributed by atoms with E-state index in [9.17, 15) is 9.90 Å². The molecule has 0 bridgehead atoms. The molecule has 1 aromatic carbocycles. The smallest absolute Gasteiger partial charge is 0.257 e. The molecule has 0 aliphatic carbocycles. The zero-order chi connectivity index (χ0) is 14.5. The Morgan fingerprint density at radius 3 is 2.75 bits per heavy atom. The van der Waals surface area contributed by atoms with E-state index in [2.05, 4.69) is 4.98 Å². The Hall–Kier alpha value is -2.56. The van der Waals surface area contributed by atoms with Gasteiger partial charge >= 0.3 is 0 Å². The predicted octanol–water partition coefficient (Wildman–Crippen LogP) is 2.07. The number of hydrogen-bond donors (Lipinski definition) is 1. The molecule has 0 spiro atoms. The van der Waals surface area contributed by atoms with Crippen LogP contribution in [0, 0.1) is 0 Å². The summed E-state index contributed by atoms with van der Waals surface area (Å²) in [6.07, 6.45) is 1.68. The van der Waals surface area contributed by atoms with E-state index in [-0.39, 0.29) is 17.2 Å². The summed E-state index contributed by atoms with van der Waals surface area (Å²) in [5.41, 5.74) is 1.03. The predicted molar refractivity (Wildman–Crippen MR) is 74.7 cm³/mol. The van der Waals surface area contributed by atoms with Gasteiger partial charge in [0.25, 0.3) is 5.91 Å². The minimum absolute atomic E-state index is 0.0952. The first-order chi connectivity index (χ1) is 9.61. The Labute approximate surface area is 117 Å². The summed E-state index contributed by atoms with van der Waals surface area (Å²) < 4.78 is 4.99. The van der Waals surface area contributed by atoms with Gasteiger partial charge < -0.3 is 14.7 Å². The van der Waals surface area contributed by atoms with E-state index >= 15 is 0 Å². The summed E-state index contributed by atoms with van der Waals surface area (Å²) in [4.78, 5) is 17.9. The van der Waals surface area contributed by atoms with Gasteiger partial charge in [-0.25, -0.2) is 0 Å². The average Bonchev–Trinajstić information content (AvgIpc) is 2.47. The third-order valence-corrected chi connectivity index (χ3v) is 2.91. The molecule has 0 aliphatic heterocycles. The van der Waals surface area contributed by atoms with Crippen molar-refractivity contribution in [3.05, 3.63) is 53.9 Å². The van der Waals surface area contributed by atoms with Crippen molar-refractivity contribution >= 4 is 5.91 Å². The van der Waals surface area contributed by atoms with Crippen molar-refractivity contribution in [3.8, 4) is 11.5 Å². The van der Waals surface area contributed by atoms with Crippen molar-refractivity contribution in [1.29, 1.82) is 0 Å². The lowest BCUT2D eigenvalue weighted by Crippen LogP contribution is -2.26. The van der Waals surface area contributed by atoms with Gasteiger partial charge in [0.2, 0.25) is 0 Å². The van der Waals surface area contributed by atoms with Crippen molar-refractivity contribution in [2.24, 2.45) is 0 Å². The van der Waals surface area contributed by atoms with E-state index in [4.69, 9.17) is 4.74 Å². The number of carbonyl (C=O) groups excluding carboxylic acids is 1. The quantitative estimate of drug-likeness (QED) is 0.925. The van der Waals surface area contributed by atoms with Crippen LogP contribution in [0.1, 0.15) is 16.1 Å². The summed E-state index contributed by atoms with van der Waals surface area (Å²) in [6.45, 7) is 0.380. The van der Waals surface area contributed by atoms with Gasteiger partial charge in [0.1, 0.15) is 11.5 Å². The van der Waals surface area contributed by atoms with Crippen LogP contribution in [0.5, 0.6) is 11.5 Å². The minimum atomic E-state index is -0.268. The molecule has 0 fully saturated rings. The van der Waals surface area contributed by atoms with Crippen LogP contribution >= 0.6 is 0 Å². The molecular weight excluding hydrogens is 256 g/mol. The molecule has 5 heteroatoms. The molecule has 0 aliphatic rings. The fourth-order valence-electron chi connectivity index (χ4n) is 1.83. The molecule has 1 aromatic heterocycles. The summed E-state index contributed by atoms with van der Waals surface area (Å²) in [5, 5.41) is 9.86. The molecule has 1 heterocycles. The van der Waals surface area contributed by atoms with Gasteiger partial charge in [-0.1, -0.05) is 6.07 Å². The van der Waals surface area contributed by atoms with Crippen LogP contribution in [0.15, 0.2) is 42.6 Å². The molecule has 1 amide bonds. The van der Waals surface area contributed by atoms with E-state index in [0.717, 1.165) is 5.69 Å². The van der Waals surface area contributed by atoms with Crippen molar-refractivity contribution in [3.63, 3.8) is 0 Å². The first-order valence-corrected chi connectivity index (χ1v) is 6.14. The summed E-state index contributed by atoms with van der Waals surface area (Å²) in [6, 6.07) is 10.1. The number of phenols is 1. The van der Waals surface area contributed by atoms with Crippen molar-refractivity contribution in [2.45, 2.75) is 6.54 Å². The number of pyridine rings is 1. The third kappa shape index (κ3) is 3.06. The normalized spacial score (nSPS) is 10.1. The molecule has 2 aromatic rings. The van der Waals surface area contributed by atoms with Gasteiger partial charge in [-0.2, -0.15) is 0 Å². The van der Waals surface area contributed by atoms with E-state index < -0.39 is 0 Å². The first kappa shape index (κ1) is 13.9. The van der Waals surface area contributed by atoms with Crippen molar-refractivity contribution in [1.82, 2.24) is 9.88 Å². The zero-order valence-corrected chi connectivity index (χ0v) is 11.4. The lowest BCUT2D eigenvalue weighted by Gasteiger charge is -2.17. The number of aromatic hydroxyl groups is 1. The second-order valence-electron chi connectivity index (χ2n) is 4.37. The highest BCUT2D eigenvalue weighted by Gasteiger charge is 2.16. The zero-order valence-electron chi connectivity index (χ0n) is 11.4. The van der Waals surface area contributed by atoms with E-state index in [0.29, 0.717) is 12.3 Å². The van der Waals surface area contributed by atoms with Crippen molar-refractivity contribution in [2.75, 3.05) is 14.2 Å². The molecule has 0 atom stereocenters. The molecule has 0 unspecified atom stereocenters. The monoisotopic (exact) mass is 272 g/mol. The topological polar surface area (TPSA) is 62.7 Å². The second-order valence-corrected chi connectivity index (χ2v) is 4.37. The highest BCUT2D eigenvalue weighted by molar-refractivity contribution is 5.96. The van der Waals surface area contributed by atoms with Crippen LogP contribution in [0.3, 0.4) is 0 Å². The number of nitrogens with zero attached hydrogens (tertiary/aromatic N) is 2. The van der Waals surface area contributed by atoms with Crippen molar-refractivity contribution < 1.29 is 14.6 Å². The molecule has 104 valence electrons. The maximum absolute atomic E-state index is 12.3. The average molecular weight is 272 g/mol. The number of carbonyl (C=O) groups is 1. The summed E-state index contributed by atoms with van der Waals surface area (Å²) >= 11 is 0. The van der Waals surface area contributed by atoms with E-state index in [1.807, 2.05) is 18.2 Å². The lowest BCUT2D eigenvalue weighted by atomic mass is 10.1. The number of benzene rings is 1. The summed E-state index contributed by atoms with van der Waals surface area (Å²) in [7, 11) is 3.17. The molecule has 20 heavy (non-hydrogen) atoms. The molecule has 0 saturated carbocycles. The van der Waals surface area contributed by atoms with Gasteiger partial charge in [-0.3, -0.25) is 9.78 Å². The van der Waals surface area contributed by atoms with E-state index in [1.165, 1.54) is 18.1 Å². The van der Waals surface area contributed by atoms with Crippen LogP contribution in [0.2, 0.25) is 0 Å². The largest absolute Gasteiger partial charge is 0.507 e. The Kier molecular flexibility index (Phi) is 4.20. The molecule has 0 saturated heterocycles. The first-order valence-electron chi connectivity index (χ1n) is 6.14. The number of hydrogen-bond acceptors (Lipinski definition) is 4. The van der Waals surface area contributed by atoms with Crippen LogP contribution in [0.4, 0.5) is 0 Å². The second kappa shape index (κ2) is 6.06. The maximum atomic E-state index is 12.3. The Balaban J connectivity index is 2.14. The maximum Gasteiger partial charge on any atom is 0.257 e. The number of amides is 1. The van der Waals surface area contributed by atoms with E-state index in [1.54, 1.807) is 25.4 Å². The highest BCUT2D eigenvalue weighted by atomic mass is 16.5. The lowest BCUT2D eigenvalue weighted by molar-refractivity contribution is 0.0780. The van der Waals surface area contributed by atoms with Crippen LogP contribution < -0.4 is 4.74 Å². The number of methoxy groups -OCH3 is 1. The van der Waals surface area contributed by atoms with Gasteiger partial charge in [0.15, 0.2) is 0 Å². The summed E-state index contributed by atoms with van der Waals surface area (Å²) in [5.74, 6) is 0.143. The minimum Gasteiger partial charge on any atom is -0.507 e. The fraction of sp³-hybridized carbons (Fsp3) is 0.200. The Bertz CT molecular complexity index is 599. The highest BCUT2D eigenvalue weighted by Crippen LogP contribution is 2.24. The van der Waals surface area contributed by atoms with Gasteiger partial charge in [0, 0.05) is 19.3 Å². The fourth-order valence-corrected chi connectivity index (χ4v) is 1.83. The van der Waals surface area contributed by atoms with Gasteiger partial charge in [-0.05, 0) is 24.3 Å². The molecule has 1 N–H and O–H groups in total. The SMILES string of the molecule is COc1ccc(C(=O)N(C)Cc2ccccn2)c(O)c1. The Morgan fingerprint density at radius 1 is 1.35 bits per heavy atom. The standard InChI is InChI=1S/C15H16N2O3/c1-17(10-11-5-3-4-8-16-11)15(19)13-7-6-12(20-2)9-14(13)18/h3-9,18H,10H2,1-2H3. The number of ether oxygens (including phenoxy) is 1.